The topological polar surface area (TPSA) is 123 Å². The van der Waals surface area contributed by atoms with Crippen LogP contribution in [0.2, 0.25) is 25.7 Å². The Kier molecular flexibility index (Phi) is 10.4. The Balaban J connectivity index is 1.34. The molecule has 12 nitrogen and oxygen atoms in total. The van der Waals surface area contributed by atoms with Crippen LogP contribution in [0.25, 0.3) is 0 Å². The van der Waals surface area contributed by atoms with Crippen LogP contribution in [0.3, 0.4) is 0 Å². The summed E-state index contributed by atoms with van der Waals surface area (Å²) in [5, 5.41) is 10.8. The average molecular weight is 676 g/mol. The Morgan fingerprint density at radius 1 is 1.02 bits per heavy atom. The summed E-state index contributed by atoms with van der Waals surface area (Å²) < 4.78 is 87.6. The molecular weight excluding hydrogens is 640 g/mol. The third kappa shape index (κ3) is 9.05. The lowest BCUT2D eigenvalue weighted by atomic mass is 10.2. The van der Waals surface area contributed by atoms with Gasteiger partial charge in [-0.05, 0) is 19.0 Å². The lowest BCUT2D eigenvalue weighted by Gasteiger charge is -2.34. The van der Waals surface area contributed by atoms with Gasteiger partial charge in [0.2, 0.25) is 5.95 Å². The molecule has 46 heavy (non-hydrogen) atoms. The molecule has 252 valence electrons. The second kappa shape index (κ2) is 13.8. The van der Waals surface area contributed by atoms with Crippen molar-refractivity contribution < 1.29 is 35.9 Å². The summed E-state index contributed by atoms with van der Waals surface area (Å²) in [6.07, 6.45) is -5.62. The first-order valence-corrected chi connectivity index (χ1v) is 18.1. The molecule has 0 aromatic carbocycles. The van der Waals surface area contributed by atoms with Gasteiger partial charge in [-0.2, -0.15) is 36.5 Å². The number of hydrogen-bond donors (Lipinski definition) is 1. The van der Waals surface area contributed by atoms with E-state index in [-0.39, 0.29) is 50.3 Å². The summed E-state index contributed by atoms with van der Waals surface area (Å²) in [5.74, 6) is -0.260. The quantitative estimate of drug-likeness (QED) is 0.182. The number of anilines is 2. The van der Waals surface area contributed by atoms with Crippen LogP contribution in [0.4, 0.5) is 38.0 Å². The third-order valence-electron chi connectivity index (χ3n) is 7.08. The maximum Gasteiger partial charge on any atom is 0.423 e. The predicted octanol–water partition coefficient (Wildman–Crippen LogP) is 4.04. The van der Waals surface area contributed by atoms with Crippen LogP contribution < -0.4 is 15.8 Å². The van der Waals surface area contributed by atoms with Crippen LogP contribution in [-0.4, -0.2) is 87.2 Å². The Morgan fingerprint density at radius 3 is 2.26 bits per heavy atom. The van der Waals surface area contributed by atoms with Crippen molar-refractivity contribution >= 4 is 25.6 Å². The number of nitrogens with one attached hydrogen (secondary N) is 1. The molecule has 1 fully saturated rings. The summed E-state index contributed by atoms with van der Waals surface area (Å²) >= 11 is 0. The highest BCUT2D eigenvalue weighted by molar-refractivity contribution is 6.76. The molecule has 0 radical (unpaired) electrons. The minimum absolute atomic E-state index is 0.0620. The van der Waals surface area contributed by atoms with E-state index in [4.69, 9.17) is 4.74 Å². The first-order valence-electron chi connectivity index (χ1n) is 14.4. The van der Waals surface area contributed by atoms with Gasteiger partial charge in [-0.1, -0.05) is 19.6 Å². The van der Waals surface area contributed by atoms with E-state index in [0.29, 0.717) is 23.7 Å². The highest BCUT2D eigenvalue weighted by atomic mass is 28.3. The standard InChI is InChI=1S/C27H35F6N9O3Si/c1-18(37-21-15-36-42(17-45-11-12-46(2,3)4)24(44)22(21)27(31,32)33)16-41-6-5-20(38-41)23(43)39-7-9-40(10-8-39)25-34-13-19(14-35-25)26(28,29)30/h5-6,13-15,18,37H,7-12,16-17H2,1-4H3. The van der Waals surface area contributed by atoms with Crippen molar-refractivity contribution in [3.63, 3.8) is 0 Å². The Bertz CT molecular complexity index is 1550. The molecule has 1 amide bonds. The third-order valence-corrected chi connectivity index (χ3v) is 8.78. The van der Waals surface area contributed by atoms with Crippen LogP contribution in [-0.2, 0) is 30.4 Å². The number of piperazine rings is 1. The molecule has 1 saturated heterocycles. The minimum atomic E-state index is -4.95. The van der Waals surface area contributed by atoms with E-state index in [2.05, 4.69) is 45.1 Å². The average Bonchev–Trinajstić information content (AvgIpc) is 3.42. The normalized spacial score (nSPS) is 15.3. The molecule has 1 aliphatic rings. The Morgan fingerprint density at radius 2 is 1.67 bits per heavy atom. The molecule has 4 rings (SSSR count). The highest BCUT2D eigenvalue weighted by Gasteiger charge is 2.38. The van der Waals surface area contributed by atoms with Gasteiger partial charge in [-0.15, -0.1) is 0 Å². The number of hydrogen-bond acceptors (Lipinski definition) is 9. The smallest absolute Gasteiger partial charge is 0.379 e. The van der Waals surface area contributed by atoms with Crippen LogP contribution in [0.15, 0.2) is 35.6 Å². The van der Waals surface area contributed by atoms with Gasteiger partial charge in [0.05, 0.1) is 24.0 Å². The van der Waals surface area contributed by atoms with Crippen molar-refractivity contribution in [2.24, 2.45) is 0 Å². The summed E-state index contributed by atoms with van der Waals surface area (Å²) in [6, 6.07) is 1.61. The van der Waals surface area contributed by atoms with Gasteiger partial charge in [-0.25, -0.2) is 14.6 Å². The number of alkyl halides is 6. The van der Waals surface area contributed by atoms with Gasteiger partial charge in [0.15, 0.2) is 0 Å². The zero-order valence-corrected chi connectivity index (χ0v) is 26.7. The number of rotatable bonds is 11. The van der Waals surface area contributed by atoms with E-state index in [0.717, 1.165) is 12.2 Å². The molecule has 1 unspecified atom stereocenters. The Labute approximate surface area is 261 Å². The maximum atomic E-state index is 13.9. The molecule has 1 aliphatic heterocycles. The summed E-state index contributed by atoms with van der Waals surface area (Å²) in [5.41, 5.74) is -4.04. The van der Waals surface area contributed by atoms with Crippen LogP contribution in [0, 0.1) is 0 Å². The van der Waals surface area contributed by atoms with E-state index >= 15 is 0 Å². The van der Waals surface area contributed by atoms with Gasteiger partial charge >= 0.3 is 12.4 Å². The van der Waals surface area contributed by atoms with Crippen molar-refractivity contribution in [2.45, 2.75) is 64.3 Å². The number of halogens is 6. The molecule has 1 atom stereocenters. The monoisotopic (exact) mass is 675 g/mol. The van der Waals surface area contributed by atoms with Crippen molar-refractivity contribution in [1.29, 1.82) is 0 Å². The molecule has 0 spiro atoms. The number of amides is 1. The molecule has 3 aromatic rings. The SMILES string of the molecule is CC(Cn1ccc(C(=O)N2CCN(c3ncc(C(F)(F)F)cn3)CC2)n1)Nc1cnn(COCC[Si](C)(C)C)c(=O)c1C(F)(F)F. The number of nitrogens with zero attached hydrogens (tertiary/aromatic N) is 8. The molecule has 19 heteroatoms. The second-order valence-corrected chi connectivity index (χ2v) is 17.7. The number of carbonyl (C=O) groups excluding carboxylic acids is 1. The van der Waals surface area contributed by atoms with Gasteiger partial charge < -0.3 is 19.9 Å². The first-order chi connectivity index (χ1) is 21.4. The lowest BCUT2D eigenvalue weighted by molar-refractivity contribution is -0.139. The summed E-state index contributed by atoms with van der Waals surface area (Å²) in [6.45, 7) is 9.02. The zero-order valence-electron chi connectivity index (χ0n) is 25.7. The fourth-order valence-corrected chi connectivity index (χ4v) is 5.32. The molecular formula is C27H35F6N9O3Si. The van der Waals surface area contributed by atoms with E-state index < -0.39 is 55.6 Å². The molecule has 0 saturated carbocycles. The highest BCUT2D eigenvalue weighted by Crippen LogP contribution is 2.32. The Hall–Kier alpha value is -4.00. The van der Waals surface area contributed by atoms with Gasteiger partial charge in [0.25, 0.3) is 11.5 Å². The first kappa shape index (κ1) is 34.9. The lowest BCUT2D eigenvalue weighted by Crippen LogP contribution is -2.49. The zero-order chi connectivity index (χ0) is 33.9. The molecule has 4 heterocycles. The summed E-state index contributed by atoms with van der Waals surface area (Å²) in [4.78, 5) is 36.5. The van der Waals surface area contributed by atoms with Crippen LogP contribution in [0.1, 0.15) is 28.5 Å². The largest absolute Gasteiger partial charge is 0.423 e. The molecule has 0 aliphatic carbocycles. The predicted molar refractivity (Wildman–Crippen MR) is 158 cm³/mol. The summed E-state index contributed by atoms with van der Waals surface area (Å²) in [7, 11) is -1.43. The maximum absolute atomic E-state index is 13.9. The van der Waals surface area contributed by atoms with Gasteiger partial charge in [0, 0.05) is 65.5 Å². The molecule has 0 bridgehead atoms. The van der Waals surface area contributed by atoms with Crippen LogP contribution in [0.5, 0.6) is 0 Å². The van der Waals surface area contributed by atoms with E-state index in [1.807, 2.05) is 0 Å². The fourth-order valence-electron chi connectivity index (χ4n) is 4.56. The number of carbonyl (C=O) groups is 1. The number of aromatic nitrogens is 6. The second-order valence-electron chi connectivity index (χ2n) is 12.1. The number of ether oxygens (including phenoxy) is 1. The molecule has 1 N–H and O–H groups in total. The van der Waals surface area contributed by atoms with Crippen molar-refractivity contribution in [3.8, 4) is 0 Å². The van der Waals surface area contributed by atoms with E-state index in [9.17, 15) is 35.9 Å². The van der Waals surface area contributed by atoms with Crippen LogP contribution >= 0.6 is 0 Å². The fraction of sp³-hybridized carbons (Fsp3) is 0.556. The minimum Gasteiger partial charge on any atom is -0.379 e. The van der Waals surface area contributed by atoms with Gasteiger partial charge in [-0.3, -0.25) is 14.3 Å². The molecule has 3 aromatic heterocycles. The van der Waals surface area contributed by atoms with Crippen molar-refractivity contribution in [1.82, 2.24) is 34.4 Å². The van der Waals surface area contributed by atoms with Crippen molar-refractivity contribution in [2.75, 3.05) is 43.0 Å². The van der Waals surface area contributed by atoms with E-state index in [1.165, 1.54) is 21.8 Å². The van der Waals surface area contributed by atoms with Crippen molar-refractivity contribution in [3.05, 3.63) is 58.0 Å². The van der Waals surface area contributed by atoms with E-state index in [1.54, 1.807) is 11.8 Å². The van der Waals surface area contributed by atoms with Gasteiger partial charge in [0.1, 0.15) is 18.0 Å².